The second-order valence-electron chi connectivity index (χ2n) is 6.62. The number of carboxylic acid groups (broad SMARTS) is 1. The summed E-state index contributed by atoms with van der Waals surface area (Å²) >= 11 is 2.96. The third kappa shape index (κ3) is 8.43. The van der Waals surface area contributed by atoms with Gasteiger partial charge in [-0.1, -0.05) is 0 Å². The van der Waals surface area contributed by atoms with Gasteiger partial charge in [-0.2, -0.15) is 0 Å². The number of phenolic OH excluding ortho intramolecular Hbond substituents is 2. The molecule has 10 heteroatoms. The van der Waals surface area contributed by atoms with Crippen molar-refractivity contribution >= 4 is 35.5 Å². The molecule has 0 spiro atoms. The van der Waals surface area contributed by atoms with Crippen molar-refractivity contribution < 1.29 is 39.1 Å². The second-order valence-corrected chi connectivity index (χ2v) is 8.88. The zero-order valence-corrected chi connectivity index (χ0v) is 19.4. The van der Waals surface area contributed by atoms with E-state index in [-0.39, 0.29) is 24.3 Å². The van der Waals surface area contributed by atoms with Crippen molar-refractivity contribution in [1.29, 1.82) is 0 Å². The maximum Gasteiger partial charge on any atom is 0.306 e. The molecule has 2 aromatic carbocycles. The van der Waals surface area contributed by atoms with Gasteiger partial charge in [0.1, 0.15) is 6.10 Å². The maximum atomic E-state index is 12.1. The number of rotatable bonds is 13. The highest BCUT2D eigenvalue weighted by atomic mass is 32.2. The molecule has 0 aliphatic carbocycles. The SMILES string of the molecule is COc1cc(SCCC(CSc2ccc(O)c(OC)c2)OC(=O)CCC(=O)O)ccc1O. The number of methoxy groups -OCH3 is 2. The molecule has 2 aromatic rings. The molecule has 1 atom stereocenters. The zero-order valence-electron chi connectivity index (χ0n) is 17.8. The van der Waals surface area contributed by atoms with Crippen LogP contribution >= 0.6 is 23.5 Å². The second kappa shape index (κ2) is 13.0. The Labute approximate surface area is 194 Å². The van der Waals surface area contributed by atoms with Gasteiger partial charge < -0.3 is 29.5 Å². The van der Waals surface area contributed by atoms with Crippen LogP contribution in [0.4, 0.5) is 0 Å². The Hall–Kier alpha value is -2.72. The van der Waals surface area contributed by atoms with Crippen LogP contribution < -0.4 is 9.47 Å². The van der Waals surface area contributed by atoms with Crippen molar-refractivity contribution in [2.24, 2.45) is 0 Å². The molecule has 0 radical (unpaired) electrons. The molecule has 0 saturated carbocycles. The first-order valence-electron chi connectivity index (χ1n) is 9.73. The molecule has 0 heterocycles. The van der Waals surface area contributed by atoms with Crippen LogP contribution in [0.5, 0.6) is 23.0 Å². The summed E-state index contributed by atoms with van der Waals surface area (Å²) < 4.78 is 15.8. The Morgan fingerprint density at radius 3 is 2.00 bits per heavy atom. The molecule has 174 valence electrons. The lowest BCUT2D eigenvalue weighted by molar-refractivity contribution is -0.151. The van der Waals surface area contributed by atoms with Gasteiger partial charge in [-0.25, -0.2) is 0 Å². The van der Waals surface area contributed by atoms with Crippen LogP contribution in [-0.4, -0.2) is 59.1 Å². The monoisotopic (exact) mass is 482 g/mol. The van der Waals surface area contributed by atoms with Crippen molar-refractivity contribution in [3.05, 3.63) is 36.4 Å². The highest BCUT2D eigenvalue weighted by Gasteiger charge is 2.17. The van der Waals surface area contributed by atoms with E-state index in [0.29, 0.717) is 29.4 Å². The van der Waals surface area contributed by atoms with Gasteiger partial charge in [-0.05, 0) is 42.8 Å². The number of hydrogen-bond acceptors (Lipinski definition) is 9. The minimum Gasteiger partial charge on any atom is -0.504 e. The van der Waals surface area contributed by atoms with Gasteiger partial charge in [0.25, 0.3) is 0 Å². The molecule has 0 saturated heterocycles. The topological polar surface area (TPSA) is 123 Å². The number of carbonyl (C=O) groups excluding carboxylic acids is 1. The maximum absolute atomic E-state index is 12.1. The van der Waals surface area contributed by atoms with Crippen molar-refractivity contribution in [3.63, 3.8) is 0 Å². The van der Waals surface area contributed by atoms with Crippen LogP contribution in [0.1, 0.15) is 19.3 Å². The minimum absolute atomic E-state index is 0.0363. The molecule has 0 amide bonds. The molecule has 0 aliphatic heterocycles. The quantitative estimate of drug-likeness (QED) is 0.283. The summed E-state index contributed by atoms with van der Waals surface area (Å²) in [6.45, 7) is 0. The van der Waals surface area contributed by atoms with E-state index in [1.54, 1.807) is 30.3 Å². The molecular weight excluding hydrogens is 456 g/mol. The average molecular weight is 483 g/mol. The summed E-state index contributed by atoms with van der Waals surface area (Å²) in [5.41, 5.74) is 0. The van der Waals surface area contributed by atoms with E-state index in [9.17, 15) is 19.8 Å². The molecule has 0 bridgehead atoms. The molecule has 8 nitrogen and oxygen atoms in total. The van der Waals surface area contributed by atoms with Crippen molar-refractivity contribution in [1.82, 2.24) is 0 Å². The summed E-state index contributed by atoms with van der Waals surface area (Å²) in [6.07, 6.45) is -0.371. The normalized spacial score (nSPS) is 11.6. The lowest BCUT2D eigenvalue weighted by Gasteiger charge is -2.18. The number of hydrogen-bond donors (Lipinski definition) is 3. The Morgan fingerprint density at radius 2 is 1.47 bits per heavy atom. The summed E-state index contributed by atoms with van der Waals surface area (Å²) in [5, 5.41) is 28.2. The van der Waals surface area contributed by atoms with Crippen LogP contribution in [0.15, 0.2) is 46.2 Å². The van der Waals surface area contributed by atoms with Crippen LogP contribution in [-0.2, 0) is 14.3 Å². The number of esters is 1. The van der Waals surface area contributed by atoms with Crippen molar-refractivity contribution in [2.45, 2.75) is 35.2 Å². The molecule has 0 aliphatic rings. The molecule has 32 heavy (non-hydrogen) atoms. The number of thioether (sulfide) groups is 2. The Morgan fingerprint density at radius 1 is 0.906 bits per heavy atom. The highest BCUT2D eigenvalue weighted by Crippen LogP contribution is 2.33. The van der Waals surface area contributed by atoms with Crippen molar-refractivity contribution in [3.8, 4) is 23.0 Å². The number of ether oxygens (including phenoxy) is 3. The number of aliphatic carboxylic acids is 1. The van der Waals surface area contributed by atoms with Crippen LogP contribution in [0, 0.1) is 0 Å². The van der Waals surface area contributed by atoms with Gasteiger partial charge >= 0.3 is 11.9 Å². The first kappa shape index (κ1) is 25.5. The van der Waals surface area contributed by atoms with Gasteiger partial charge in [0.2, 0.25) is 0 Å². The first-order chi connectivity index (χ1) is 15.3. The van der Waals surface area contributed by atoms with Gasteiger partial charge in [-0.15, -0.1) is 23.5 Å². The number of aromatic hydroxyl groups is 2. The van der Waals surface area contributed by atoms with Crippen LogP contribution in [0.2, 0.25) is 0 Å². The summed E-state index contributed by atoms with van der Waals surface area (Å²) in [7, 11) is 2.94. The van der Waals surface area contributed by atoms with Gasteiger partial charge in [-0.3, -0.25) is 9.59 Å². The number of phenols is 2. The van der Waals surface area contributed by atoms with E-state index in [4.69, 9.17) is 19.3 Å². The fourth-order valence-electron chi connectivity index (χ4n) is 2.62. The third-order valence-corrected chi connectivity index (χ3v) is 6.44. The molecule has 2 rings (SSSR count). The van der Waals surface area contributed by atoms with E-state index < -0.39 is 18.0 Å². The van der Waals surface area contributed by atoms with Crippen LogP contribution in [0.25, 0.3) is 0 Å². The molecular formula is C22H26O8S2. The molecule has 1 unspecified atom stereocenters. The fraction of sp³-hybridized carbons (Fsp3) is 0.364. The number of carboxylic acids is 1. The number of carbonyl (C=O) groups is 2. The van der Waals surface area contributed by atoms with E-state index in [2.05, 4.69) is 0 Å². The lowest BCUT2D eigenvalue weighted by Crippen LogP contribution is -2.22. The van der Waals surface area contributed by atoms with Crippen molar-refractivity contribution in [2.75, 3.05) is 25.7 Å². The largest absolute Gasteiger partial charge is 0.504 e. The van der Waals surface area contributed by atoms with Gasteiger partial charge in [0.15, 0.2) is 23.0 Å². The molecule has 0 aromatic heterocycles. The number of benzene rings is 2. The fourth-order valence-corrected chi connectivity index (χ4v) is 4.56. The summed E-state index contributed by atoms with van der Waals surface area (Å²) in [5.74, 6) is 0.289. The van der Waals surface area contributed by atoms with Gasteiger partial charge in [0, 0.05) is 21.3 Å². The smallest absolute Gasteiger partial charge is 0.306 e. The molecule has 3 N–H and O–H groups in total. The predicted octanol–water partition coefficient (Wildman–Crippen LogP) is 4.17. The standard InChI is InChI=1S/C22H26O8S2/c1-28-19-11-15(3-5-17(19)23)31-10-9-14(30-22(27)8-7-21(25)26)13-32-16-4-6-18(24)20(12-16)29-2/h3-6,11-12,14,23-24H,7-10,13H2,1-2H3,(H,25,26). The average Bonchev–Trinajstić information content (AvgIpc) is 2.77. The predicted molar refractivity (Wildman–Crippen MR) is 122 cm³/mol. The van der Waals surface area contributed by atoms with E-state index >= 15 is 0 Å². The van der Waals surface area contributed by atoms with E-state index in [1.807, 2.05) is 0 Å². The Balaban J connectivity index is 1.98. The highest BCUT2D eigenvalue weighted by molar-refractivity contribution is 7.99. The van der Waals surface area contributed by atoms with Gasteiger partial charge in [0.05, 0.1) is 27.1 Å². The van der Waals surface area contributed by atoms with E-state index in [1.165, 1.54) is 43.8 Å². The third-order valence-electron chi connectivity index (χ3n) is 4.29. The summed E-state index contributed by atoms with van der Waals surface area (Å²) in [4.78, 5) is 24.5. The lowest BCUT2D eigenvalue weighted by atomic mass is 10.3. The molecule has 0 fully saturated rings. The Kier molecular flexibility index (Phi) is 10.4. The zero-order chi connectivity index (χ0) is 23.5. The van der Waals surface area contributed by atoms with Crippen LogP contribution in [0.3, 0.4) is 0 Å². The summed E-state index contributed by atoms with van der Waals surface area (Å²) in [6, 6.07) is 10.0. The minimum atomic E-state index is -1.05. The van der Waals surface area contributed by atoms with E-state index in [0.717, 1.165) is 9.79 Å². The Bertz CT molecular complexity index is 919. The first-order valence-corrected chi connectivity index (χ1v) is 11.7.